The highest BCUT2D eigenvalue weighted by Gasteiger charge is 2.17. The number of anilines is 1. The van der Waals surface area contributed by atoms with Crippen molar-refractivity contribution in [3.8, 4) is 5.75 Å². The van der Waals surface area contributed by atoms with Crippen LogP contribution in [0.4, 0.5) is 5.69 Å². The molecule has 4 nitrogen and oxygen atoms in total. The fraction of sp³-hybridized carbons (Fsp3) is 0.462. The molecular weight excluding hydrogens is 216 g/mol. The summed E-state index contributed by atoms with van der Waals surface area (Å²) in [5.41, 5.74) is 1.11. The van der Waals surface area contributed by atoms with E-state index in [9.17, 15) is 4.79 Å². The Morgan fingerprint density at radius 2 is 1.82 bits per heavy atom. The number of hydrogen-bond acceptors (Lipinski definition) is 3. The molecule has 1 saturated heterocycles. The van der Waals surface area contributed by atoms with E-state index in [2.05, 4.69) is 11.0 Å². The highest BCUT2D eigenvalue weighted by atomic mass is 16.5. The van der Waals surface area contributed by atoms with Gasteiger partial charge in [-0.2, -0.15) is 0 Å². The number of methoxy groups -OCH3 is 1. The number of hydrogen-bond donors (Lipinski definition) is 0. The predicted octanol–water partition coefficient (Wildman–Crippen LogP) is 1.61. The first-order valence-corrected chi connectivity index (χ1v) is 5.42. The summed E-state index contributed by atoms with van der Waals surface area (Å²) >= 11 is 0. The maximum Gasteiger partial charge on any atom is 0.209 e. The molecule has 1 aliphatic rings. The molecule has 0 aromatic heterocycles. The second-order valence-corrected chi connectivity index (χ2v) is 3.80. The van der Waals surface area contributed by atoms with Gasteiger partial charge < -0.3 is 14.5 Å². The van der Waals surface area contributed by atoms with E-state index in [0.717, 1.165) is 44.0 Å². The van der Waals surface area contributed by atoms with Crippen molar-refractivity contribution >= 4 is 12.1 Å². The quantitative estimate of drug-likeness (QED) is 0.747. The van der Waals surface area contributed by atoms with E-state index in [0.29, 0.717) is 0 Å². The molecule has 1 amide bonds. The zero-order valence-corrected chi connectivity index (χ0v) is 9.43. The summed E-state index contributed by atoms with van der Waals surface area (Å²) in [5, 5.41) is 0. The lowest BCUT2D eigenvalue weighted by molar-refractivity contribution is -0.118. The zero-order chi connectivity index (χ0) is 11.4. The molecular formula is C13H20N2O2. The molecule has 0 atom stereocenters. The summed E-state index contributed by atoms with van der Waals surface area (Å²) in [6.45, 7) is 3.28. The predicted molar refractivity (Wildman–Crippen MR) is 69.6 cm³/mol. The number of para-hydroxylation sites is 2. The molecule has 0 N–H and O–H groups in total. The molecule has 0 aliphatic carbocycles. The third-order valence-corrected chi connectivity index (χ3v) is 2.89. The fourth-order valence-corrected chi connectivity index (χ4v) is 1.96. The molecule has 17 heavy (non-hydrogen) atoms. The average molecular weight is 236 g/mol. The summed E-state index contributed by atoms with van der Waals surface area (Å²) in [7, 11) is 1.68. The van der Waals surface area contributed by atoms with Crippen LogP contribution < -0.4 is 9.64 Å². The van der Waals surface area contributed by atoms with E-state index in [1.165, 1.54) is 0 Å². The lowest BCUT2D eigenvalue weighted by Crippen LogP contribution is -2.45. The second kappa shape index (κ2) is 6.13. The normalized spacial score (nSPS) is 15.1. The van der Waals surface area contributed by atoms with Crippen molar-refractivity contribution in [1.29, 1.82) is 0 Å². The molecule has 0 bridgehead atoms. The minimum atomic E-state index is 0. The van der Waals surface area contributed by atoms with Gasteiger partial charge in [0.1, 0.15) is 5.75 Å². The van der Waals surface area contributed by atoms with Crippen LogP contribution in [0.3, 0.4) is 0 Å². The number of benzene rings is 1. The van der Waals surface area contributed by atoms with Crippen LogP contribution in [0.15, 0.2) is 24.3 Å². The van der Waals surface area contributed by atoms with Gasteiger partial charge >= 0.3 is 0 Å². The molecule has 1 aromatic rings. The molecule has 1 heterocycles. The van der Waals surface area contributed by atoms with Crippen molar-refractivity contribution in [2.75, 3.05) is 38.2 Å². The molecule has 94 valence electrons. The topological polar surface area (TPSA) is 32.8 Å². The van der Waals surface area contributed by atoms with E-state index < -0.39 is 0 Å². The Morgan fingerprint density at radius 1 is 1.18 bits per heavy atom. The van der Waals surface area contributed by atoms with Gasteiger partial charge in [0.05, 0.1) is 12.8 Å². The van der Waals surface area contributed by atoms with E-state index in [1.807, 2.05) is 18.2 Å². The monoisotopic (exact) mass is 236 g/mol. The summed E-state index contributed by atoms with van der Waals surface area (Å²) in [5.74, 6) is 0.891. The third kappa shape index (κ3) is 2.90. The Labute approximate surface area is 103 Å². The highest BCUT2D eigenvalue weighted by Crippen LogP contribution is 2.28. The zero-order valence-electron chi connectivity index (χ0n) is 9.43. The number of amides is 1. The number of carbonyl (C=O) groups is 1. The molecule has 1 aromatic carbocycles. The maximum atomic E-state index is 10.6. The number of piperazine rings is 1. The molecule has 0 spiro atoms. The van der Waals surface area contributed by atoms with Crippen molar-refractivity contribution in [1.82, 2.24) is 4.90 Å². The third-order valence-electron chi connectivity index (χ3n) is 2.89. The maximum absolute atomic E-state index is 10.6. The summed E-state index contributed by atoms with van der Waals surface area (Å²) < 4.78 is 5.33. The molecule has 0 unspecified atom stereocenters. The number of rotatable bonds is 3. The van der Waals surface area contributed by atoms with Crippen LogP contribution in [0, 0.1) is 0 Å². The standard InChI is InChI=1S/C12H16N2O2.CH4/c1-16-12-5-3-2-4-11(12)14-8-6-13(10-15)7-9-14;/h2-5,10H,6-9H2,1H3;1H4. The summed E-state index contributed by atoms with van der Waals surface area (Å²) in [6, 6.07) is 7.98. The second-order valence-electron chi connectivity index (χ2n) is 3.80. The van der Waals surface area contributed by atoms with Gasteiger partial charge in [-0.05, 0) is 12.1 Å². The van der Waals surface area contributed by atoms with Gasteiger partial charge in [0, 0.05) is 26.2 Å². The van der Waals surface area contributed by atoms with Crippen molar-refractivity contribution in [2.24, 2.45) is 0 Å². The first-order chi connectivity index (χ1) is 7.85. The minimum Gasteiger partial charge on any atom is -0.495 e. The first kappa shape index (κ1) is 13.4. The molecule has 1 aliphatic heterocycles. The Morgan fingerprint density at radius 3 is 2.41 bits per heavy atom. The number of ether oxygens (including phenoxy) is 1. The lowest BCUT2D eigenvalue weighted by Gasteiger charge is -2.34. The SMILES string of the molecule is C.COc1ccccc1N1CCN(C=O)CC1. The van der Waals surface area contributed by atoms with Crippen LogP contribution in [0.25, 0.3) is 0 Å². The van der Waals surface area contributed by atoms with E-state index in [1.54, 1.807) is 12.0 Å². The van der Waals surface area contributed by atoms with Gasteiger partial charge in [-0.25, -0.2) is 0 Å². The average Bonchev–Trinajstić information content (AvgIpc) is 2.39. The molecule has 1 fully saturated rings. The lowest BCUT2D eigenvalue weighted by atomic mass is 10.2. The van der Waals surface area contributed by atoms with Crippen LogP contribution in [-0.4, -0.2) is 44.6 Å². The minimum absolute atomic E-state index is 0. The van der Waals surface area contributed by atoms with Gasteiger partial charge in [0.25, 0.3) is 0 Å². The van der Waals surface area contributed by atoms with Crippen LogP contribution in [0.2, 0.25) is 0 Å². The van der Waals surface area contributed by atoms with E-state index in [-0.39, 0.29) is 7.43 Å². The van der Waals surface area contributed by atoms with Gasteiger partial charge in [0.2, 0.25) is 6.41 Å². The number of nitrogens with zero attached hydrogens (tertiary/aromatic N) is 2. The summed E-state index contributed by atoms with van der Waals surface area (Å²) in [4.78, 5) is 14.7. The summed E-state index contributed by atoms with van der Waals surface area (Å²) in [6.07, 6.45) is 0.916. The fourth-order valence-electron chi connectivity index (χ4n) is 1.96. The van der Waals surface area contributed by atoms with Gasteiger partial charge in [0.15, 0.2) is 0 Å². The molecule has 0 saturated carbocycles. The first-order valence-electron chi connectivity index (χ1n) is 5.42. The van der Waals surface area contributed by atoms with E-state index >= 15 is 0 Å². The van der Waals surface area contributed by atoms with Crippen LogP contribution in [-0.2, 0) is 4.79 Å². The van der Waals surface area contributed by atoms with Crippen LogP contribution in [0.1, 0.15) is 7.43 Å². The van der Waals surface area contributed by atoms with E-state index in [4.69, 9.17) is 4.74 Å². The molecule has 4 heteroatoms. The van der Waals surface area contributed by atoms with Gasteiger partial charge in [-0.1, -0.05) is 19.6 Å². The van der Waals surface area contributed by atoms with Crippen molar-refractivity contribution in [2.45, 2.75) is 7.43 Å². The molecule has 2 rings (SSSR count). The largest absolute Gasteiger partial charge is 0.495 e. The van der Waals surface area contributed by atoms with Crippen LogP contribution >= 0.6 is 0 Å². The van der Waals surface area contributed by atoms with Gasteiger partial charge in [-0.3, -0.25) is 4.79 Å². The highest BCUT2D eigenvalue weighted by molar-refractivity contribution is 5.59. The Balaban J connectivity index is 0.00000144. The smallest absolute Gasteiger partial charge is 0.209 e. The van der Waals surface area contributed by atoms with Crippen molar-refractivity contribution in [3.63, 3.8) is 0 Å². The van der Waals surface area contributed by atoms with Crippen molar-refractivity contribution < 1.29 is 9.53 Å². The van der Waals surface area contributed by atoms with Crippen molar-refractivity contribution in [3.05, 3.63) is 24.3 Å². The Hall–Kier alpha value is -1.71. The Bertz CT molecular complexity index is 360. The number of carbonyl (C=O) groups excluding carboxylic acids is 1. The molecule has 0 radical (unpaired) electrons. The van der Waals surface area contributed by atoms with Gasteiger partial charge in [-0.15, -0.1) is 0 Å². The Kier molecular flexibility index (Phi) is 4.82. The van der Waals surface area contributed by atoms with Crippen LogP contribution in [0.5, 0.6) is 5.75 Å².